The van der Waals surface area contributed by atoms with Gasteiger partial charge in [0.1, 0.15) is 18.1 Å². The number of anilines is 1. The van der Waals surface area contributed by atoms with Crippen molar-refractivity contribution in [2.75, 3.05) is 4.90 Å². The normalized spacial score (nSPS) is 14.5. The van der Waals surface area contributed by atoms with Crippen molar-refractivity contribution in [1.82, 2.24) is 20.3 Å². The van der Waals surface area contributed by atoms with Gasteiger partial charge in [-0.25, -0.2) is 4.68 Å². The minimum atomic E-state index is -1.10. The Kier molecular flexibility index (Phi) is 7.09. The molecule has 3 N–H and O–H groups in total. The summed E-state index contributed by atoms with van der Waals surface area (Å²) in [6.07, 6.45) is 3.81. The third-order valence-corrected chi connectivity index (χ3v) is 7.13. The van der Waals surface area contributed by atoms with Gasteiger partial charge in [-0.2, -0.15) is 0 Å². The van der Waals surface area contributed by atoms with Crippen molar-refractivity contribution in [1.29, 1.82) is 0 Å². The van der Waals surface area contributed by atoms with Gasteiger partial charge in [-0.3, -0.25) is 14.5 Å². The number of para-hydroxylation sites is 1. The molecule has 37 heavy (non-hydrogen) atoms. The van der Waals surface area contributed by atoms with Crippen LogP contribution in [-0.4, -0.2) is 43.1 Å². The second kappa shape index (κ2) is 10.6. The maximum atomic E-state index is 14.0. The van der Waals surface area contributed by atoms with Crippen molar-refractivity contribution in [2.24, 2.45) is 0 Å². The zero-order valence-electron chi connectivity index (χ0n) is 19.9. The summed E-state index contributed by atoms with van der Waals surface area (Å²) in [7, 11) is 0. The third kappa shape index (κ3) is 5.29. The molecule has 1 aliphatic carbocycles. The number of nitrogens with zero attached hydrogens (tertiary/aromatic N) is 4. The lowest BCUT2D eigenvalue weighted by atomic mass is 10.0. The molecule has 3 aromatic carbocycles. The predicted molar refractivity (Wildman–Crippen MR) is 142 cm³/mol. The molecule has 1 saturated carbocycles. The molecule has 190 valence electrons. The first-order valence-corrected chi connectivity index (χ1v) is 12.9. The van der Waals surface area contributed by atoms with Crippen LogP contribution >= 0.6 is 15.9 Å². The van der Waals surface area contributed by atoms with Crippen molar-refractivity contribution in [3.63, 3.8) is 0 Å². The Hall–Kier alpha value is -3.92. The molecule has 0 bridgehead atoms. The monoisotopic (exact) mass is 563 g/mol. The Morgan fingerprint density at radius 2 is 1.76 bits per heavy atom. The highest BCUT2D eigenvalue weighted by Crippen LogP contribution is 2.34. The number of carbonyl (C=O) groups is 2. The number of nitrogens with one attached hydrogen (secondary N) is 1. The highest BCUT2D eigenvalue weighted by Gasteiger charge is 2.35. The van der Waals surface area contributed by atoms with Crippen molar-refractivity contribution < 1.29 is 19.8 Å². The lowest BCUT2D eigenvalue weighted by Gasteiger charge is -2.32. The summed E-state index contributed by atoms with van der Waals surface area (Å²) in [6, 6.07) is 17.5. The van der Waals surface area contributed by atoms with E-state index in [0.717, 1.165) is 30.2 Å². The van der Waals surface area contributed by atoms with Gasteiger partial charge >= 0.3 is 0 Å². The fraction of sp³-hybridized carbons (Fsp3) is 0.259. The molecule has 1 atom stereocenters. The Morgan fingerprint density at radius 1 is 1.03 bits per heavy atom. The fourth-order valence-electron chi connectivity index (χ4n) is 4.76. The molecule has 10 heteroatoms. The van der Waals surface area contributed by atoms with E-state index in [1.165, 1.54) is 27.8 Å². The number of phenols is 2. The molecule has 5 rings (SSSR count). The number of aromatic hydroxyl groups is 2. The fourth-order valence-corrected chi connectivity index (χ4v) is 5.02. The van der Waals surface area contributed by atoms with Crippen molar-refractivity contribution in [3.8, 4) is 11.5 Å². The summed E-state index contributed by atoms with van der Waals surface area (Å²) < 4.78 is 2.32. The first kappa shape index (κ1) is 24.8. The zero-order valence-corrected chi connectivity index (χ0v) is 21.5. The number of aromatic nitrogens is 3. The summed E-state index contributed by atoms with van der Waals surface area (Å²) in [4.78, 5) is 29.2. The van der Waals surface area contributed by atoms with Gasteiger partial charge in [0, 0.05) is 16.2 Å². The molecule has 1 heterocycles. The van der Waals surface area contributed by atoms with Crippen LogP contribution in [0.4, 0.5) is 5.69 Å². The molecule has 0 radical (unpaired) electrons. The van der Waals surface area contributed by atoms with E-state index in [1.807, 2.05) is 24.3 Å². The molecule has 9 nitrogen and oxygen atoms in total. The second-order valence-electron chi connectivity index (χ2n) is 9.12. The minimum Gasteiger partial charge on any atom is -0.504 e. The molecule has 2 amide bonds. The average Bonchev–Trinajstić information content (AvgIpc) is 3.55. The number of amides is 2. The van der Waals surface area contributed by atoms with Gasteiger partial charge < -0.3 is 15.5 Å². The maximum Gasteiger partial charge on any atom is 0.249 e. The lowest BCUT2D eigenvalue weighted by molar-refractivity contribution is -0.127. The SMILES string of the molecule is O=C(NC1CCCC1)C(c1ccc(O)c(O)c1)N(C(=O)Cn1nnc2ccccc21)c1ccc(Br)cc1. The molecule has 1 aromatic heterocycles. The minimum absolute atomic E-state index is 0.0156. The van der Waals surface area contributed by atoms with E-state index in [0.29, 0.717) is 22.3 Å². The van der Waals surface area contributed by atoms with Crippen LogP contribution in [0.3, 0.4) is 0 Å². The van der Waals surface area contributed by atoms with Crippen molar-refractivity contribution in [3.05, 3.63) is 76.8 Å². The van der Waals surface area contributed by atoms with E-state index in [2.05, 4.69) is 31.6 Å². The van der Waals surface area contributed by atoms with Gasteiger partial charge in [0.2, 0.25) is 11.8 Å². The largest absolute Gasteiger partial charge is 0.504 e. The number of rotatable bonds is 7. The van der Waals surface area contributed by atoms with Crippen LogP contribution in [-0.2, 0) is 16.1 Å². The smallest absolute Gasteiger partial charge is 0.249 e. The first-order valence-electron chi connectivity index (χ1n) is 12.1. The Labute approximate surface area is 221 Å². The molecule has 1 unspecified atom stereocenters. The van der Waals surface area contributed by atoms with E-state index in [-0.39, 0.29) is 30.0 Å². The van der Waals surface area contributed by atoms with E-state index < -0.39 is 11.9 Å². The van der Waals surface area contributed by atoms with Gasteiger partial charge in [0.05, 0.1) is 5.52 Å². The van der Waals surface area contributed by atoms with Crippen LogP contribution in [0.15, 0.2) is 71.2 Å². The molecule has 0 aliphatic heterocycles. The number of fused-ring (bicyclic) bond motifs is 1. The molecule has 0 saturated heterocycles. The molecule has 1 fully saturated rings. The van der Waals surface area contributed by atoms with Crippen LogP contribution in [0, 0.1) is 0 Å². The zero-order chi connectivity index (χ0) is 25.9. The van der Waals surface area contributed by atoms with Crippen LogP contribution in [0.1, 0.15) is 37.3 Å². The summed E-state index contributed by atoms with van der Waals surface area (Å²) in [5.41, 5.74) is 2.22. The van der Waals surface area contributed by atoms with Crippen LogP contribution in [0.2, 0.25) is 0 Å². The van der Waals surface area contributed by atoms with Gasteiger partial charge in [0.15, 0.2) is 11.5 Å². The van der Waals surface area contributed by atoms with Gasteiger partial charge in [-0.05, 0) is 66.9 Å². The lowest BCUT2D eigenvalue weighted by Crippen LogP contribution is -2.47. The second-order valence-corrected chi connectivity index (χ2v) is 10.0. The highest BCUT2D eigenvalue weighted by molar-refractivity contribution is 9.10. The van der Waals surface area contributed by atoms with E-state index >= 15 is 0 Å². The quantitative estimate of drug-likeness (QED) is 0.286. The average molecular weight is 564 g/mol. The number of halogens is 1. The number of hydrogen-bond acceptors (Lipinski definition) is 6. The van der Waals surface area contributed by atoms with Crippen LogP contribution < -0.4 is 10.2 Å². The molecular weight excluding hydrogens is 538 g/mol. The Balaban J connectivity index is 1.58. The molecule has 0 spiro atoms. The van der Waals surface area contributed by atoms with E-state index in [4.69, 9.17) is 0 Å². The summed E-state index contributed by atoms with van der Waals surface area (Å²) in [5, 5.41) is 31.5. The maximum absolute atomic E-state index is 14.0. The van der Waals surface area contributed by atoms with Gasteiger partial charge in [-0.15, -0.1) is 5.10 Å². The summed E-state index contributed by atoms with van der Waals surface area (Å²) >= 11 is 3.43. The molecular formula is C27H26BrN5O4. The Morgan fingerprint density at radius 3 is 2.49 bits per heavy atom. The van der Waals surface area contributed by atoms with Gasteiger partial charge in [0.25, 0.3) is 0 Å². The predicted octanol–water partition coefficient (Wildman–Crippen LogP) is 4.44. The number of hydrogen-bond donors (Lipinski definition) is 3. The van der Waals surface area contributed by atoms with Crippen LogP contribution in [0.25, 0.3) is 11.0 Å². The highest BCUT2D eigenvalue weighted by atomic mass is 79.9. The topological polar surface area (TPSA) is 121 Å². The number of carbonyl (C=O) groups excluding carboxylic acids is 2. The van der Waals surface area contributed by atoms with Crippen molar-refractivity contribution in [2.45, 2.75) is 44.3 Å². The standard InChI is InChI=1S/C27H26BrN5O4/c28-18-10-12-20(13-11-18)33(25(36)16-32-22-8-4-3-7-21(22)30-31-32)26(17-9-14-23(34)24(35)15-17)27(37)29-19-5-1-2-6-19/h3-4,7-15,19,26,34-35H,1-2,5-6,16H2,(H,29,37). The number of benzene rings is 3. The molecule has 4 aromatic rings. The summed E-state index contributed by atoms with van der Waals surface area (Å²) in [5.74, 6) is -1.44. The summed E-state index contributed by atoms with van der Waals surface area (Å²) in [6.45, 7) is -0.159. The Bertz CT molecular complexity index is 1430. The van der Waals surface area contributed by atoms with Crippen LogP contribution in [0.5, 0.6) is 11.5 Å². The van der Waals surface area contributed by atoms with Gasteiger partial charge in [-0.1, -0.05) is 52.2 Å². The third-order valence-electron chi connectivity index (χ3n) is 6.60. The van der Waals surface area contributed by atoms with Crippen molar-refractivity contribution >= 4 is 44.5 Å². The molecule has 1 aliphatic rings. The number of phenolic OH excluding ortho intramolecular Hbond substituents is 2. The van der Waals surface area contributed by atoms with E-state index in [9.17, 15) is 19.8 Å². The van der Waals surface area contributed by atoms with E-state index in [1.54, 1.807) is 24.3 Å². The first-order chi connectivity index (χ1) is 17.9.